The largest absolute Gasteiger partial charge is 0.507 e. The summed E-state index contributed by atoms with van der Waals surface area (Å²) in [6, 6.07) is 4.44. The summed E-state index contributed by atoms with van der Waals surface area (Å²) in [6.07, 6.45) is 0.959. The van der Waals surface area contributed by atoms with Crippen molar-refractivity contribution in [1.29, 1.82) is 0 Å². The van der Waals surface area contributed by atoms with Crippen LogP contribution in [-0.2, 0) is 4.79 Å². The summed E-state index contributed by atoms with van der Waals surface area (Å²) in [7, 11) is 0. The number of phenolic OH excluding ortho intramolecular Hbond substituents is 2. The Labute approximate surface area is 100 Å². The van der Waals surface area contributed by atoms with Gasteiger partial charge >= 0.3 is 0 Å². The van der Waals surface area contributed by atoms with Crippen molar-refractivity contribution in [3.63, 3.8) is 0 Å². The van der Waals surface area contributed by atoms with E-state index in [9.17, 15) is 15.0 Å². The van der Waals surface area contributed by atoms with E-state index in [0.29, 0.717) is 24.9 Å². The molecular formula is C12H18N2O3. The molecular weight excluding hydrogens is 220 g/mol. The molecule has 5 N–H and O–H groups in total. The van der Waals surface area contributed by atoms with Gasteiger partial charge in [-0.15, -0.1) is 0 Å². The first-order chi connectivity index (χ1) is 8.02. The average molecular weight is 238 g/mol. The van der Waals surface area contributed by atoms with E-state index >= 15 is 0 Å². The Hall–Kier alpha value is -1.75. The quantitative estimate of drug-likeness (QED) is 0.556. The first-order valence-electron chi connectivity index (χ1n) is 5.55. The van der Waals surface area contributed by atoms with Gasteiger partial charge in [0.2, 0.25) is 5.91 Å². The van der Waals surface area contributed by atoms with Crippen LogP contribution in [0.3, 0.4) is 0 Å². The molecule has 1 aromatic carbocycles. The lowest BCUT2D eigenvalue weighted by atomic mass is 10.1. The Balaban J connectivity index is 2.52. The minimum absolute atomic E-state index is 0.0555. The van der Waals surface area contributed by atoms with Crippen molar-refractivity contribution in [2.45, 2.75) is 25.8 Å². The highest BCUT2D eigenvalue weighted by atomic mass is 16.3. The fourth-order valence-electron chi connectivity index (χ4n) is 1.67. The summed E-state index contributed by atoms with van der Waals surface area (Å²) in [6.45, 7) is 2.43. The summed E-state index contributed by atoms with van der Waals surface area (Å²) in [5, 5.41) is 22.4. The van der Waals surface area contributed by atoms with Gasteiger partial charge in [-0.05, 0) is 32.0 Å². The molecule has 17 heavy (non-hydrogen) atoms. The molecule has 94 valence electrons. The smallest absolute Gasteiger partial charge is 0.217 e. The first-order valence-corrected chi connectivity index (χ1v) is 5.55. The fourth-order valence-corrected chi connectivity index (χ4v) is 1.67. The van der Waals surface area contributed by atoms with Crippen molar-refractivity contribution in [1.82, 2.24) is 5.32 Å². The molecule has 0 radical (unpaired) electrons. The predicted molar refractivity (Wildman–Crippen MR) is 64.6 cm³/mol. The van der Waals surface area contributed by atoms with Gasteiger partial charge in [0.05, 0.1) is 5.56 Å². The Morgan fingerprint density at radius 1 is 1.41 bits per heavy atom. The number of benzene rings is 1. The van der Waals surface area contributed by atoms with Crippen molar-refractivity contribution in [2.24, 2.45) is 5.73 Å². The van der Waals surface area contributed by atoms with Crippen molar-refractivity contribution < 1.29 is 15.0 Å². The monoisotopic (exact) mass is 238 g/mol. The van der Waals surface area contributed by atoms with Crippen LogP contribution in [0, 0.1) is 0 Å². The minimum Gasteiger partial charge on any atom is -0.507 e. The van der Waals surface area contributed by atoms with Gasteiger partial charge in [-0.25, -0.2) is 0 Å². The summed E-state index contributed by atoms with van der Waals surface area (Å²) in [4.78, 5) is 10.5. The van der Waals surface area contributed by atoms with Crippen LogP contribution in [0.5, 0.6) is 11.5 Å². The number of nitrogens with one attached hydrogen (secondary N) is 1. The maximum Gasteiger partial charge on any atom is 0.217 e. The highest BCUT2D eigenvalue weighted by molar-refractivity contribution is 5.73. The van der Waals surface area contributed by atoms with E-state index in [1.54, 1.807) is 6.07 Å². The maximum atomic E-state index is 10.5. The van der Waals surface area contributed by atoms with E-state index in [2.05, 4.69) is 5.32 Å². The predicted octanol–water partition coefficient (Wildman–Crippen LogP) is 1.01. The lowest BCUT2D eigenvalue weighted by Crippen LogP contribution is -2.21. The second-order valence-corrected chi connectivity index (χ2v) is 3.96. The zero-order valence-corrected chi connectivity index (χ0v) is 9.81. The van der Waals surface area contributed by atoms with Gasteiger partial charge in [0, 0.05) is 12.5 Å². The van der Waals surface area contributed by atoms with Crippen molar-refractivity contribution >= 4 is 5.91 Å². The molecule has 0 aliphatic carbocycles. The van der Waals surface area contributed by atoms with Crippen LogP contribution >= 0.6 is 0 Å². The van der Waals surface area contributed by atoms with Crippen LogP contribution in [-0.4, -0.2) is 22.7 Å². The zero-order valence-electron chi connectivity index (χ0n) is 9.81. The molecule has 1 rings (SSSR count). The molecule has 5 nitrogen and oxygen atoms in total. The number of primary amides is 1. The van der Waals surface area contributed by atoms with Crippen molar-refractivity contribution in [3.8, 4) is 11.5 Å². The number of rotatable bonds is 6. The van der Waals surface area contributed by atoms with E-state index in [0.717, 1.165) is 0 Å². The SMILES string of the molecule is CC(NCCCC(N)=O)c1c(O)cccc1O. The van der Waals surface area contributed by atoms with E-state index < -0.39 is 0 Å². The van der Waals surface area contributed by atoms with E-state index in [1.165, 1.54) is 12.1 Å². The third-order valence-electron chi connectivity index (χ3n) is 2.54. The number of hydrogen-bond acceptors (Lipinski definition) is 4. The molecule has 0 heterocycles. The molecule has 1 aromatic rings. The van der Waals surface area contributed by atoms with Crippen molar-refractivity contribution in [2.75, 3.05) is 6.54 Å². The van der Waals surface area contributed by atoms with E-state index in [1.807, 2.05) is 6.92 Å². The molecule has 1 amide bonds. The summed E-state index contributed by atoms with van der Waals surface area (Å²) >= 11 is 0. The van der Waals surface area contributed by atoms with Gasteiger partial charge in [0.1, 0.15) is 11.5 Å². The fraction of sp³-hybridized carbons (Fsp3) is 0.417. The van der Waals surface area contributed by atoms with Crippen LogP contribution in [0.2, 0.25) is 0 Å². The average Bonchev–Trinajstić information content (AvgIpc) is 2.24. The highest BCUT2D eigenvalue weighted by Crippen LogP contribution is 2.31. The lowest BCUT2D eigenvalue weighted by Gasteiger charge is -2.16. The molecule has 0 aliphatic rings. The van der Waals surface area contributed by atoms with Gasteiger partial charge in [0.25, 0.3) is 0 Å². The Morgan fingerprint density at radius 3 is 2.53 bits per heavy atom. The van der Waals surface area contributed by atoms with Crippen molar-refractivity contribution in [3.05, 3.63) is 23.8 Å². The number of hydrogen-bond donors (Lipinski definition) is 4. The Morgan fingerprint density at radius 2 is 2.00 bits per heavy atom. The molecule has 5 heteroatoms. The van der Waals surface area contributed by atoms with E-state index in [4.69, 9.17) is 5.73 Å². The maximum absolute atomic E-state index is 10.5. The number of phenols is 2. The summed E-state index contributed by atoms with van der Waals surface area (Å²) in [5.74, 6) is -0.218. The van der Waals surface area contributed by atoms with Gasteiger partial charge in [0.15, 0.2) is 0 Å². The minimum atomic E-state index is -0.329. The van der Waals surface area contributed by atoms with Crippen LogP contribution in [0.4, 0.5) is 0 Å². The molecule has 0 fully saturated rings. The van der Waals surface area contributed by atoms with Gasteiger partial charge in [-0.2, -0.15) is 0 Å². The van der Waals surface area contributed by atoms with Crippen LogP contribution in [0.25, 0.3) is 0 Å². The molecule has 0 aromatic heterocycles. The molecule has 0 saturated heterocycles. The number of aromatic hydroxyl groups is 2. The number of carbonyl (C=O) groups excluding carboxylic acids is 1. The van der Waals surface area contributed by atoms with Crippen LogP contribution in [0.1, 0.15) is 31.4 Å². The van der Waals surface area contributed by atoms with Gasteiger partial charge < -0.3 is 21.3 Å². The number of nitrogens with two attached hydrogens (primary N) is 1. The Bertz CT molecular complexity index is 373. The highest BCUT2D eigenvalue weighted by Gasteiger charge is 2.13. The third-order valence-corrected chi connectivity index (χ3v) is 2.54. The summed E-state index contributed by atoms with van der Waals surface area (Å²) in [5.41, 5.74) is 5.49. The molecule has 1 atom stereocenters. The molecule has 0 aliphatic heterocycles. The van der Waals surface area contributed by atoms with Crippen LogP contribution in [0.15, 0.2) is 18.2 Å². The molecule has 0 saturated carbocycles. The normalized spacial score (nSPS) is 12.3. The number of carbonyl (C=O) groups is 1. The zero-order chi connectivity index (χ0) is 12.8. The molecule has 0 spiro atoms. The Kier molecular flexibility index (Phi) is 4.78. The van der Waals surface area contributed by atoms with Gasteiger partial charge in [-0.1, -0.05) is 6.07 Å². The topological polar surface area (TPSA) is 95.6 Å². The summed E-state index contributed by atoms with van der Waals surface area (Å²) < 4.78 is 0. The number of amides is 1. The van der Waals surface area contributed by atoms with E-state index in [-0.39, 0.29) is 23.4 Å². The second-order valence-electron chi connectivity index (χ2n) is 3.96. The second kappa shape index (κ2) is 6.10. The molecule has 1 unspecified atom stereocenters. The van der Waals surface area contributed by atoms with Gasteiger partial charge in [-0.3, -0.25) is 4.79 Å². The third kappa shape index (κ3) is 3.96. The first kappa shape index (κ1) is 13.3. The van der Waals surface area contributed by atoms with Crippen LogP contribution < -0.4 is 11.1 Å². The molecule has 0 bridgehead atoms. The lowest BCUT2D eigenvalue weighted by molar-refractivity contribution is -0.118. The standard InChI is InChI=1S/C12H18N2O3/c1-8(14-7-3-6-11(13)17)12-9(15)4-2-5-10(12)16/h2,4-5,8,14-16H,3,6-7H2,1H3,(H2,13,17).